The van der Waals surface area contributed by atoms with E-state index in [-0.39, 0.29) is 0 Å². The largest absolute Gasteiger partial charge is 0.398 e. The van der Waals surface area contributed by atoms with Crippen LogP contribution >= 0.6 is 0 Å². The number of hydrogen-bond acceptors (Lipinski definition) is 4. The third kappa shape index (κ3) is 3.20. The molecule has 0 fully saturated rings. The van der Waals surface area contributed by atoms with Crippen molar-refractivity contribution in [2.24, 2.45) is 0 Å². The molecule has 4 aromatic rings. The average Bonchev–Trinajstić information content (AvgIpc) is 2.68. The highest BCUT2D eigenvalue weighted by molar-refractivity contribution is 6.13. The second-order valence-electron chi connectivity index (χ2n) is 7.87. The highest BCUT2D eigenvalue weighted by atomic mass is 15.8. The highest BCUT2D eigenvalue weighted by Crippen LogP contribution is 2.45. The van der Waals surface area contributed by atoms with E-state index in [9.17, 15) is 0 Å². The van der Waals surface area contributed by atoms with Gasteiger partial charge in [-0.25, -0.2) is 15.1 Å². The summed E-state index contributed by atoms with van der Waals surface area (Å²) in [4.78, 5) is 0. The van der Waals surface area contributed by atoms with Crippen LogP contribution in [-0.4, -0.2) is 38.2 Å². The van der Waals surface area contributed by atoms with Crippen molar-refractivity contribution in [3.8, 4) is 11.1 Å². The zero-order chi connectivity index (χ0) is 20.7. The summed E-state index contributed by atoms with van der Waals surface area (Å²) in [6, 6.07) is 23.4. The molecule has 29 heavy (non-hydrogen) atoms. The number of nitrogens with zero attached hydrogens (tertiary/aromatic N) is 3. The topological polar surface area (TPSA) is 35.7 Å². The fourth-order valence-corrected chi connectivity index (χ4v) is 4.31. The molecule has 0 saturated heterocycles. The maximum Gasteiger partial charge on any atom is 0.0821 e. The van der Waals surface area contributed by atoms with Gasteiger partial charge in [0.05, 0.1) is 5.69 Å². The summed E-state index contributed by atoms with van der Waals surface area (Å²) in [6.45, 7) is 2.17. The Morgan fingerprint density at radius 2 is 1.21 bits per heavy atom. The van der Waals surface area contributed by atoms with Gasteiger partial charge in [-0.3, -0.25) is 0 Å². The average molecular weight is 385 g/mol. The Bertz CT molecular complexity index is 1190. The molecule has 0 heterocycles. The third-order valence-electron chi connectivity index (χ3n) is 5.38. The Hall–Kier alpha value is -3.08. The zero-order valence-electron chi connectivity index (χ0n) is 17.8. The van der Waals surface area contributed by atoms with Crippen molar-refractivity contribution in [1.29, 1.82) is 0 Å². The maximum absolute atomic E-state index is 6.64. The SMILES string of the molecule is Cc1cc2ccccc2c(-c2c(N)ccc3ccccc23)c1N(N(C)C)N(C)C. The second kappa shape index (κ2) is 7.39. The summed E-state index contributed by atoms with van der Waals surface area (Å²) in [6.07, 6.45) is 0. The minimum Gasteiger partial charge on any atom is -0.398 e. The number of hydrazine groups is 2. The molecule has 0 atom stereocenters. The quantitative estimate of drug-likeness (QED) is 0.382. The third-order valence-corrected chi connectivity index (χ3v) is 5.38. The summed E-state index contributed by atoms with van der Waals surface area (Å²) in [5.41, 5.74) is 12.0. The molecule has 148 valence electrons. The summed E-state index contributed by atoms with van der Waals surface area (Å²) >= 11 is 0. The molecular formula is C25H28N4. The molecule has 0 radical (unpaired) electrons. The number of aryl methyl sites for hydroxylation is 1. The smallest absolute Gasteiger partial charge is 0.0821 e. The van der Waals surface area contributed by atoms with E-state index in [0.29, 0.717) is 0 Å². The maximum atomic E-state index is 6.64. The summed E-state index contributed by atoms with van der Waals surface area (Å²) < 4.78 is 0. The Labute approximate surface area is 172 Å². The number of fused-ring (bicyclic) bond motifs is 2. The molecule has 0 unspecified atom stereocenters. The molecule has 0 saturated carbocycles. The lowest BCUT2D eigenvalue weighted by molar-refractivity contribution is 0.198. The van der Waals surface area contributed by atoms with Gasteiger partial charge in [0.1, 0.15) is 0 Å². The molecule has 0 spiro atoms. The van der Waals surface area contributed by atoms with Gasteiger partial charge < -0.3 is 5.73 Å². The Balaban J connectivity index is 2.23. The van der Waals surface area contributed by atoms with Gasteiger partial charge in [-0.15, -0.1) is 0 Å². The van der Waals surface area contributed by atoms with Crippen LogP contribution in [0.3, 0.4) is 0 Å². The number of rotatable bonds is 4. The second-order valence-corrected chi connectivity index (χ2v) is 7.87. The van der Waals surface area contributed by atoms with Crippen molar-refractivity contribution in [1.82, 2.24) is 10.0 Å². The van der Waals surface area contributed by atoms with E-state index >= 15 is 0 Å². The summed E-state index contributed by atoms with van der Waals surface area (Å²) in [5.74, 6) is 0. The monoisotopic (exact) mass is 384 g/mol. The standard InChI is InChI=1S/C25H28N4/c1-17-16-19-11-7-9-13-21(19)24(25(17)29(27(2)3)28(4)5)23-20-12-8-6-10-18(20)14-15-22(23)26/h6-16H,26H2,1-5H3. The predicted molar refractivity (Wildman–Crippen MR) is 126 cm³/mol. The molecule has 0 bridgehead atoms. The molecule has 0 aliphatic carbocycles. The lowest BCUT2D eigenvalue weighted by Crippen LogP contribution is -2.47. The fraction of sp³-hybridized carbons (Fsp3) is 0.200. The number of nitrogen functional groups attached to an aromatic ring is 1. The minimum atomic E-state index is 0.790. The number of anilines is 2. The van der Waals surface area contributed by atoms with Crippen LogP contribution in [0, 0.1) is 6.92 Å². The first-order valence-electron chi connectivity index (χ1n) is 9.84. The van der Waals surface area contributed by atoms with Crippen LogP contribution in [0.2, 0.25) is 0 Å². The van der Waals surface area contributed by atoms with Gasteiger partial charge in [-0.05, 0) is 46.2 Å². The van der Waals surface area contributed by atoms with E-state index in [1.807, 2.05) is 6.07 Å². The molecule has 0 aromatic heterocycles. The first kappa shape index (κ1) is 19.2. The van der Waals surface area contributed by atoms with Crippen LogP contribution < -0.4 is 10.9 Å². The van der Waals surface area contributed by atoms with E-state index in [4.69, 9.17) is 5.73 Å². The number of benzene rings is 4. The van der Waals surface area contributed by atoms with E-state index < -0.39 is 0 Å². The zero-order valence-corrected chi connectivity index (χ0v) is 17.8. The summed E-state index contributed by atoms with van der Waals surface area (Å²) in [5, 5.41) is 11.2. The molecule has 4 heteroatoms. The van der Waals surface area contributed by atoms with E-state index in [2.05, 4.69) is 111 Å². The van der Waals surface area contributed by atoms with Crippen LogP contribution in [-0.2, 0) is 0 Å². The molecule has 0 aliphatic rings. The lowest BCUT2D eigenvalue weighted by Gasteiger charge is -2.39. The molecule has 4 aromatic carbocycles. The minimum absolute atomic E-state index is 0.790. The molecule has 2 N–H and O–H groups in total. The molecule has 4 rings (SSSR count). The van der Waals surface area contributed by atoms with E-state index in [0.717, 1.165) is 22.5 Å². The van der Waals surface area contributed by atoms with Crippen molar-refractivity contribution in [3.05, 3.63) is 72.3 Å². The van der Waals surface area contributed by atoms with Gasteiger partial charge >= 0.3 is 0 Å². The number of hydrogen-bond donors (Lipinski definition) is 1. The van der Waals surface area contributed by atoms with Gasteiger partial charge in [0.25, 0.3) is 0 Å². The molecule has 0 amide bonds. The van der Waals surface area contributed by atoms with Crippen molar-refractivity contribution in [3.63, 3.8) is 0 Å². The first-order chi connectivity index (χ1) is 13.9. The lowest BCUT2D eigenvalue weighted by atomic mass is 9.89. The molecule has 0 aliphatic heterocycles. The van der Waals surface area contributed by atoms with Gasteiger partial charge in [-0.2, -0.15) is 0 Å². The van der Waals surface area contributed by atoms with Gasteiger partial charge in [0.15, 0.2) is 0 Å². The van der Waals surface area contributed by atoms with Gasteiger partial charge in [0, 0.05) is 45.0 Å². The van der Waals surface area contributed by atoms with Crippen LogP contribution in [0.4, 0.5) is 11.4 Å². The fourth-order valence-electron chi connectivity index (χ4n) is 4.31. The van der Waals surface area contributed by atoms with Crippen molar-refractivity contribution >= 4 is 32.9 Å². The molecule has 4 nitrogen and oxygen atoms in total. The van der Waals surface area contributed by atoms with Crippen LogP contribution in [0.15, 0.2) is 66.7 Å². The van der Waals surface area contributed by atoms with Crippen molar-refractivity contribution in [2.75, 3.05) is 39.0 Å². The summed E-state index contributed by atoms with van der Waals surface area (Å²) in [7, 11) is 8.24. The van der Waals surface area contributed by atoms with Crippen molar-refractivity contribution < 1.29 is 0 Å². The Kier molecular flexibility index (Phi) is 4.91. The highest BCUT2D eigenvalue weighted by Gasteiger charge is 2.24. The van der Waals surface area contributed by atoms with E-state index in [1.165, 1.54) is 27.1 Å². The van der Waals surface area contributed by atoms with Gasteiger partial charge in [0.2, 0.25) is 0 Å². The van der Waals surface area contributed by atoms with Crippen LogP contribution in [0.25, 0.3) is 32.7 Å². The van der Waals surface area contributed by atoms with E-state index in [1.54, 1.807) is 0 Å². The Morgan fingerprint density at radius 3 is 1.83 bits per heavy atom. The first-order valence-corrected chi connectivity index (χ1v) is 9.84. The van der Waals surface area contributed by atoms with Crippen LogP contribution in [0.1, 0.15) is 5.56 Å². The van der Waals surface area contributed by atoms with Crippen LogP contribution in [0.5, 0.6) is 0 Å². The number of nitrogens with two attached hydrogens (primary N) is 1. The predicted octanol–water partition coefficient (Wildman–Crippen LogP) is 5.31. The molecular weight excluding hydrogens is 356 g/mol. The normalized spacial score (nSPS) is 11.7. The van der Waals surface area contributed by atoms with Crippen molar-refractivity contribution in [2.45, 2.75) is 6.92 Å². The Morgan fingerprint density at radius 1 is 0.655 bits per heavy atom. The van der Waals surface area contributed by atoms with Gasteiger partial charge in [-0.1, -0.05) is 54.6 Å².